The fourth-order valence-corrected chi connectivity index (χ4v) is 5.78. The van der Waals surface area contributed by atoms with Crippen LogP contribution >= 0.6 is 12.4 Å². The quantitative estimate of drug-likeness (QED) is 0.673. The summed E-state index contributed by atoms with van der Waals surface area (Å²) in [4.78, 5) is 17.8. The third kappa shape index (κ3) is 2.74. The van der Waals surface area contributed by atoms with Crippen LogP contribution < -0.4 is 10.2 Å². The van der Waals surface area contributed by atoms with Crippen LogP contribution in [0.5, 0.6) is 0 Å². The Labute approximate surface area is 183 Å². The molecule has 1 unspecified atom stereocenters. The van der Waals surface area contributed by atoms with Crippen LogP contribution in [0.25, 0.3) is 10.8 Å². The third-order valence-electron chi connectivity index (χ3n) is 7.27. The molecule has 3 aromatic rings. The predicted molar refractivity (Wildman–Crippen MR) is 123 cm³/mol. The van der Waals surface area contributed by atoms with Gasteiger partial charge in [0, 0.05) is 24.8 Å². The fraction of sp³-hybridized carbons (Fsp3) is 0.320. The molecule has 6 rings (SSSR count). The Morgan fingerprint density at radius 1 is 0.900 bits per heavy atom. The van der Waals surface area contributed by atoms with Crippen LogP contribution in [0.1, 0.15) is 30.0 Å². The predicted octanol–water partition coefficient (Wildman–Crippen LogP) is 4.29. The Bertz CT molecular complexity index is 1090. The van der Waals surface area contributed by atoms with Gasteiger partial charge in [0.05, 0.1) is 6.67 Å². The summed E-state index contributed by atoms with van der Waals surface area (Å²) < 4.78 is 0. The van der Waals surface area contributed by atoms with E-state index < -0.39 is 5.54 Å². The number of carbonyl (C=O) groups is 1. The highest BCUT2D eigenvalue weighted by molar-refractivity contribution is 5.94. The van der Waals surface area contributed by atoms with Gasteiger partial charge in [-0.25, -0.2) is 0 Å². The van der Waals surface area contributed by atoms with E-state index in [4.69, 9.17) is 0 Å². The summed E-state index contributed by atoms with van der Waals surface area (Å²) in [6, 6.07) is 24.2. The molecule has 1 amide bonds. The van der Waals surface area contributed by atoms with Gasteiger partial charge in [-0.15, -0.1) is 12.4 Å². The molecule has 1 spiro atoms. The van der Waals surface area contributed by atoms with Crippen molar-refractivity contribution < 1.29 is 4.79 Å². The lowest BCUT2D eigenvalue weighted by Gasteiger charge is -2.45. The van der Waals surface area contributed by atoms with Crippen LogP contribution in [-0.2, 0) is 11.2 Å². The monoisotopic (exact) mass is 419 g/mol. The molecule has 3 aliphatic rings. The largest absolute Gasteiger partial charge is 0.339 e. The number of piperidine rings is 1. The van der Waals surface area contributed by atoms with E-state index in [0.29, 0.717) is 12.7 Å². The van der Waals surface area contributed by atoms with Crippen molar-refractivity contribution in [1.29, 1.82) is 0 Å². The minimum Gasteiger partial charge on any atom is -0.339 e. The van der Waals surface area contributed by atoms with Crippen molar-refractivity contribution >= 4 is 34.8 Å². The number of halogens is 1. The van der Waals surface area contributed by atoms with E-state index in [-0.39, 0.29) is 18.3 Å². The minimum absolute atomic E-state index is 0. The molecule has 2 fully saturated rings. The normalized spacial score (nSPS) is 22.3. The van der Waals surface area contributed by atoms with Crippen LogP contribution in [0.4, 0.5) is 5.69 Å². The second-order valence-electron chi connectivity index (χ2n) is 8.58. The number of hydrogen-bond acceptors (Lipinski definition) is 3. The molecule has 1 N–H and O–H groups in total. The summed E-state index contributed by atoms with van der Waals surface area (Å²) in [5.41, 5.74) is 3.66. The maximum atomic E-state index is 12.9. The zero-order valence-corrected chi connectivity index (χ0v) is 17.7. The van der Waals surface area contributed by atoms with Gasteiger partial charge < -0.3 is 10.2 Å². The van der Waals surface area contributed by atoms with Gasteiger partial charge in [0.1, 0.15) is 5.54 Å². The molecule has 1 aliphatic carbocycles. The Kier molecular flexibility index (Phi) is 4.72. The van der Waals surface area contributed by atoms with Gasteiger partial charge in [-0.2, -0.15) is 0 Å². The van der Waals surface area contributed by atoms with E-state index >= 15 is 0 Å². The highest BCUT2D eigenvalue weighted by Crippen LogP contribution is 2.43. The van der Waals surface area contributed by atoms with Gasteiger partial charge >= 0.3 is 0 Å². The SMILES string of the molecule is Cl.O=C1NCN(c2ccccc2)C12CCN(C1Cc3cccc4cccc1c34)CC2. The first-order chi connectivity index (χ1) is 14.3. The van der Waals surface area contributed by atoms with Crippen LogP contribution in [-0.4, -0.2) is 36.1 Å². The van der Waals surface area contributed by atoms with E-state index in [9.17, 15) is 4.79 Å². The molecule has 2 saturated heterocycles. The molecule has 154 valence electrons. The molecule has 5 heteroatoms. The lowest BCUT2D eigenvalue weighted by molar-refractivity contribution is -0.125. The molecule has 2 aliphatic heterocycles. The Hall–Kier alpha value is -2.56. The molecule has 0 bridgehead atoms. The van der Waals surface area contributed by atoms with Crippen molar-refractivity contribution in [2.75, 3.05) is 24.7 Å². The number of nitrogens with one attached hydrogen (secondary N) is 1. The maximum absolute atomic E-state index is 12.9. The molecular weight excluding hydrogens is 394 g/mol. The fourth-order valence-electron chi connectivity index (χ4n) is 5.78. The molecule has 3 aromatic carbocycles. The van der Waals surface area contributed by atoms with Gasteiger partial charge in [0.15, 0.2) is 0 Å². The van der Waals surface area contributed by atoms with Crippen molar-refractivity contribution in [3.63, 3.8) is 0 Å². The van der Waals surface area contributed by atoms with Gasteiger partial charge in [-0.1, -0.05) is 54.6 Å². The number of para-hydroxylation sites is 1. The number of hydrogen-bond donors (Lipinski definition) is 1. The zero-order chi connectivity index (χ0) is 19.4. The van der Waals surface area contributed by atoms with Crippen LogP contribution in [0.15, 0.2) is 66.7 Å². The smallest absolute Gasteiger partial charge is 0.247 e. The van der Waals surface area contributed by atoms with E-state index in [0.717, 1.165) is 38.0 Å². The summed E-state index contributed by atoms with van der Waals surface area (Å²) in [6.07, 6.45) is 2.82. The van der Waals surface area contributed by atoms with E-state index in [1.165, 1.54) is 21.9 Å². The van der Waals surface area contributed by atoms with Crippen molar-refractivity contribution in [2.24, 2.45) is 0 Å². The number of rotatable bonds is 2. The van der Waals surface area contributed by atoms with Gasteiger partial charge in [-0.3, -0.25) is 9.69 Å². The summed E-state index contributed by atoms with van der Waals surface area (Å²) in [5, 5.41) is 5.91. The lowest BCUT2D eigenvalue weighted by Crippen LogP contribution is -2.56. The molecule has 0 saturated carbocycles. The van der Waals surface area contributed by atoms with Crippen molar-refractivity contribution in [1.82, 2.24) is 10.2 Å². The molecule has 2 heterocycles. The Morgan fingerprint density at radius 2 is 1.63 bits per heavy atom. The van der Waals surface area contributed by atoms with Crippen LogP contribution in [0.2, 0.25) is 0 Å². The number of carbonyl (C=O) groups excluding carboxylic acids is 1. The molecule has 30 heavy (non-hydrogen) atoms. The lowest BCUT2D eigenvalue weighted by atomic mass is 9.84. The van der Waals surface area contributed by atoms with Crippen molar-refractivity contribution in [3.05, 3.63) is 77.9 Å². The summed E-state index contributed by atoms with van der Waals surface area (Å²) >= 11 is 0. The molecule has 0 radical (unpaired) electrons. The van der Waals surface area contributed by atoms with Gasteiger partial charge in [0.25, 0.3) is 0 Å². The second kappa shape index (κ2) is 7.29. The van der Waals surface area contributed by atoms with Gasteiger partial charge in [0.2, 0.25) is 5.91 Å². The first-order valence-electron chi connectivity index (χ1n) is 10.6. The summed E-state index contributed by atoms with van der Waals surface area (Å²) in [6.45, 7) is 2.51. The number of anilines is 1. The standard InChI is InChI=1S/C25H25N3O.ClH/c29-24-25(28(17-26-24)20-9-2-1-3-10-20)12-14-27(15-13-25)22-16-19-8-4-6-18-7-5-11-21(22)23(18)19;/h1-11,22H,12-17H2,(H,26,29);1H. The Morgan fingerprint density at radius 3 is 2.40 bits per heavy atom. The second-order valence-corrected chi connectivity index (χ2v) is 8.58. The topological polar surface area (TPSA) is 35.6 Å². The van der Waals surface area contributed by atoms with Crippen LogP contribution in [0.3, 0.4) is 0 Å². The number of likely N-dealkylation sites (tertiary alicyclic amines) is 1. The number of nitrogens with zero attached hydrogens (tertiary/aromatic N) is 2. The highest BCUT2D eigenvalue weighted by atomic mass is 35.5. The van der Waals surface area contributed by atoms with Gasteiger partial charge in [-0.05, 0) is 53.3 Å². The summed E-state index contributed by atoms with van der Waals surface area (Å²) in [7, 11) is 0. The van der Waals surface area contributed by atoms with Crippen molar-refractivity contribution in [2.45, 2.75) is 30.8 Å². The average Bonchev–Trinajstić information content (AvgIpc) is 3.30. The molecule has 4 nitrogen and oxygen atoms in total. The minimum atomic E-state index is -0.407. The third-order valence-corrected chi connectivity index (χ3v) is 7.27. The zero-order valence-electron chi connectivity index (χ0n) is 16.9. The van der Waals surface area contributed by atoms with E-state index in [1.54, 1.807) is 0 Å². The van der Waals surface area contributed by atoms with Crippen molar-refractivity contribution in [3.8, 4) is 0 Å². The molecular formula is C25H26ClN3O. The maximum Gasteiger partial charge on any atom is 0.247 e. The van der Waals surface area contributed by atoms with E-state index in [2.05, 4.69) is 75.8 Å². The first-order valence-corrected chi connectivity index (χ1v) is 10.6. The van der Waals surface area contributed by atoms with E-state index in [1.807, 2.05) is 6.07 Å². The number of amides is 1. The first kappa shape index (κ1) is 19.4. The highest BCUT2D eigenvalue weighted by Gasteiger charge is 2.51. The summed E-state index contributed by atoms with van der Waals surface area (Å²) in [5.74, 6) is 0.192. The molecule has 1 atom stereocenters. The number of benzene rings is 3. The molecule has 0 aromatic heterocycles. The average molecular weight is 420 g/mol. The van der Waals surface area contributed by atoms with Crippen LogP contribution in [0, 0.1) is 0 Å². The Balaban J connectivity index is 0.00000193.